The van der Waals surface area contributed by atoms with Gasteiger partial charge in [-0.2, -0.15) is 0 Å². The molecule has 0 nitrogen and oxygen atoms in total. The van der Waals surface area contributed by atoms with Gasteiger partial charge in [-0.15, -0.1) is 0 Å². The van der Waals surface area contributed by atoms with Crippen LogP contribution < -0.4 is 0 Å². The Bertz CT molecular complexity index is 223. The molecule has 0 saturated carbocycles. The van der Waals surface area contributed by atoms with Crippen LogP contribution in [0.25, 0.3) is 0 Å². The minimum Gasteiger partial charge on any atom is -0.206 e. The Hall–Kier alpha value is -0.370. The Morgan fingerprint density at radius 1 is 1.36 bits per heavy atom. The van der Waals surface area contributed by atoms with Crippen molar-refractivity contribution in [3.63, 3.8) is 0 Å². The largest absolute Gasteiger partial charge is 0.206 e. The highest BCUT2D eigenvalue weighted by Crippen LogP contribution is 2.15. The third-order valence-electron chi connectivity index (χ3n) is 1.68. The molecule has 11 heavy (non-hydrogen) atoms. The molecule has 0 amide bonds. The van der Waals surface area contributed by atoms with E-state index < -0.39 is 0 Å². The molecule has 0 unspecified atom stereocenters. The Morgan fingerprint density at radius 3 is 2.55 bits per heavy atom. The van der Waals surface area contributed by atoms with Gasteiger partial charge in [0.1, 0.15) is 5.82 Å². The van der Waals surface area contributed by atoms with Crippen molar-refractivity contribution in [2.75, 3.05) is 0 Å². The molecule has 0 saturated heterocycles. The van der Waals surface area contributed by atoms with E-state index in [1.165, 1.54) is 0 Å². The average Bonchev–Trinajstić information content (AvgIpc) is 2.05. The normalized spacial score (nSPS) is 10.1. The maximum Gasteiger partial charge on any atom is 0.130 e. The van der Waals surface area contributed by atoms with E-state index in [-0.39, 0.29) is 5.82 Å². The third kappa shape index (κ3) is 1.80. The SMILES string of the molecule is CCc1cccc(CBr)c1F. The van der Waals surface area contributed by atoms with Crippen LogP contribution in [0.5, 0.6) is 0 Å². The molecule has 0 heterocycles. The van der Waals surface area contributed by atoms with Crippen LogP contribution in [0.1, 0.15) is 18.1 Å². The summed E-state index contributed by atoms with van der Waals surface area (Å²) in [7, 11) is 0. The fourth-order valence-electron chi connectivity index (χ4n) is 1.01. The zero-order chi connectivity index (χ0) is 8.27. The predicted octanol–water partition coefficient (Wildman–Crippen LogP) is 3.28. The fraction of sp³-hybridized carbons (Fsp3) is 0.333. The lowest BCUT2D eigenvalue weighted by atomic mass is 10.1. The summed E-state index contributed by atoms with van der Waals surface area (Å²) < 4.78 is 13.2. The van der Waals surface area contributed by atoms with E-state index in [1.54, 1.807) is 6.07 Å². The van der Waals surface area contributed by atoms with Crippen molar-refractivity contribution in [1.29, 1.82) is 0 Å². The van der Waals surface area contributed by atoms with Crippen LogP contribution in [0.3, 0.4) is 0 Å². The maximum absolute atomic E-state index is 13.2. The van der Waals surface area contributed by atoms with Gasteiger partial charge in [0, 0.05) is 5.33 Å². The minimum absolute atomic E-state index is 0.0631. The van der Waals surface area contributed by atoms with Crippen LogP contribution in [0.2, 0.25) is 0 Å². The minimum atomic E-state index is -0.0631. The molecule has 0 spiro atoms. The molecule has 0 aliphatic carbocycles. The Kier molecular flexibility index (Phi) is 3.06. The van der Waals surface area contributed by atoms with Crippen molar-refractivity contribution < 1.29 is 4.39 Å². The van der Waals surface area contributed by atoms with Crippen LogP contribution in [0.4, 0.5) is 4.39 Å². The Morgan fingerprint density at radius 2 is 2.00 bits per heavy atom. The molecule has 0 aliphatic heterocycles. The van der Waals surface area contributed by atoms with Crippen molar-refractivity contribution in [3.05, 3.63) is 35.1 Å². The van der Waals surface area contributed by atoms with Crippen LogP contribution in [0, 0.1) is 5.82 Å². The van der Waals surface area contributed by atoms with Crippen molar-refractivity contribution >= 4 is 15.9 Å². The van der Waals surface area contributed by atoms with Gasteiger partial charge in [0.2, 0.25) is 0 Å². The second-order valence-corrected chi connectivity index (χ2v) is 2.94. The fourth-order valence-corrected chi connectivity index (χ4v) is 1.44. The molecule has 0 bridgehead atoms. The standard InChI is InChI=1S/C9H10BrF/c1-2-7-4-3-5-8(6-10)9(7)11/h3-5H,2,6H2,1H3. The zero-order valence-corrected chi connectivity index (χ0v) is 7.99. The highest BCUT2D eigenvalue weighted by Gasteiger charge is 2.03. The summed E-state index contributed by atoms with van der Waals surface area (Å²) in [4.78, 5) is 0. The summed E-state index contributed by atoms with van der Waals surface area (Å²) in [6, 6.07) is 5.50. The van der Waals surface area contributed by atoms with Crippen LogP contribution in [-0.4, -0.2) is 0 Å². The molecule has 0 aromatic heterocycles. The van der Waals surface area contributed by atoms with E-state index in [0.29, 0.717) is 5.33 Å². The lowest BCUT2D eigenvalue weighted by molar-refractivity contribution is 0.602. The first-order chi connectivity index (χ1) is 5.29. The molecular weight excluding hydrogens is 207 g/mol. The van der Waals surface area contributed by atoms with Gasteiger partial charge in [0.25, 0.3) is 0 Å². The predicted molar refractivity (Wildman–Crippen MR) is 48.4 cm³/mol. The van der Waals surface area contributed by atoms with Gasteiger partial charge in [-0.1, -0.05) is 41.1 Å². The lowest BCUT2D eigenvalue weighted by Gasteiger charge is -2.02. The van der Waals surface area contributed by atoms with Crippen molar-refractivity contribution in [1.82, 2.24) is 0 Å². The molecular formula is C9H10BrF. The molecule has 0 radical (unpaired) electrons. The summed E-state index contributed by atoms with van der Waals surface area (Å²) in [6.07, 6.45) is 0.757. The molecule has 2 heteroatoms. The first-order valence-corrected chi connectivity index (χ1v) is 4.74. The summed E-state index contributed by atoms with van der Waals surface area (Å²) in [6.45, 7) is 1.95. The summed E-state index contributed by atoms with van der Waals surface area (Å²) in [5.74, 6) is -0.0631. The number of rotatable bonds is 2. The first-order valence-electron chi connectivity index (χ1n) is 3.61. The van der Waals surface area contributed by atoms with Crippen molar-refractivity contribution in [2.24, 2.45) is 0 Å². The van der Waals surface area contributed by atoms with E-state index in [2.05, 4.69) is 15.9 Å². The Labute approximate surface area is 74.6 Å². The molecule has 0 aliphatic rings. The molecule has 60 valence electrons. The number of halogens is 2. The molecule has 1 rings (SSSR count). The number of alkyl halides is 1. The van der Waals surface area contributed by atoms with Gasteiger partial charge in [-0.05, 0) is 17.5 Å². The number of benzene rings is 1. The van der Waals surface area contributed by atoms with Gasteiger partial charge >= 0.3 is 0 Å². The van der Waals surface area contributed by atoms with E-state index in [1.807, 2.05) is 19.1 Å². The van der Waals surface area contributed by atoms with E-state index in [9.17, 15) is 4.39 Å². The van der Waals surface area contributed by atoms with E-state index in [0.717, 1.165) is 17.5 Å². The van der Waals surface area contributed by atoms with Crippen LogP contribution in [0.15, 0.2) is 18.2 Å². The van der Waals surface area contributed by atoms with Gasteiger partial charge in [-0.3, -0.25) is 0 Å². The van der Waals surface area contributed by atoms with E-state index in [4.69, 9.17) is 0 Å². The van der Waals surface area contributed by atoms with Crippen molar-refractivity contribution in [2.45, 2.75) is 18.7 Å². The topological polar surface area (TPSA) is 0 Å². The van der Waals surface area contributed by atoms with Gasteiger partial charge in [-0.25, -0.2) is 4.39 Å². The first kappa shape index (κ1) is 8.72. The van der Waals surface area contributed by atoms with E-state index >= 15 is 0 Å². The molecule has 1 aromatic carbocycles. The highest BCUT2D eigenvalue weighted by atomic mass is 79.9. The molecule has 1 aromatic rings. The average molecular weight is 217 g/mol. The quantitative estimate of drug-likeness (QED) is 0.667. The summed E-state index contributed by atoms with van der Waals surface area (Å²) >= 11 is 3.23. The number of aryl methyl sites for hydroxylation is 1. The van der Waals surface area contributed by atoms with Gasteiger partial charge in [0.15, 0.2) is 0 Å². The van der Waals surface area contributed by atoms with Gasteiger partial charge in [0.05, 0.1) is 0 Å². The summed E-state index contributed by atoms with van der Waals surface area (Å²) in [5, 5.41) is 0.590. The maximum atomic E-state index is 13.2. The third-order valence-corrected chi connectivity index (χ3v) is 2.29. The second-order valence-electron chi connectivity index (χ2n) is 2.38. The molecule has 0 atom stereocenters. The highest BCUT2D eigenvalue weighted by molar-refractivity contribution is 9.08. The smallest absolute Gasteiger partial charge is 0.130 e. The number of hydrogen-bond acceptors (Lipinski definition) is 0. The lowest BCUT2D eigenvalue weighted by Crippen LogP contribution is -1.92. The second kappa shape index (κ2) is 3.86. The molecule has 0 N–H and O–H groups in total. The number of hydrogen-bond donors (Lipinski definition) is 0. The zero-order valence-electron chi connectivity index (χ0n) is 6.40. The Balaban J connectivity index is 3.10. The van der Waals surface area contributed by atoms with Gasteiger partial charge < -0.3 is 0 Å². The molecule has 0 fully saturated rings. The monoisotopic (exact) mass is 216 g/mol. The van der Waals surface area contributed by atoms with Crippen LogP contribution >= 0.6 is 15.9 Å². The summed E-state index contributed by atoms with van der Waals surface area (Å²) in [5.41, 5.74) is 1.53. The van der Waals surface area contributed by atoms with Crippen LogP contribution in [-0.2, 0) is 11.8 Å². The van der Waals surface area contributed by atoms with Crippen molar-refractivity contribution in [3.8, 4) is 0 Å².